The van der Waals surface area contributed by atoms with Crippen LogP contribution in [0, 0.1) is 0 Å². The van der Waals surface area contributed by atoms with E-state index in [2.05, 4.69) is 31.3 Å². The summed E-state index contributed by atoms with van der Waals surface area (Å²) in [6.07, 6.45) is -2.02. The minimum Gasteiger partial charge on any atom is -0.449 e. The summed E-state index contributed by atoms with van der Waals surface area (Å²) in [6.45, 7) is 0.196. The predicted molar refractivity (Wildman–Crippen MR) is 101 cm³/mol. The number of hydrogen-bond acceptors (Lipinski definition) is 5. The molecule has 0 unspecified atom stereocenters. The molecule has 0 bridgehead atoms. The van der Waals surface area contributed by atoms with Crippen molar-refractivity contribution in [1.29, 1.82) is 0 Å². The van der Waals surface area contributed by atoms with E-state index in [1.54, 1.807) is 18.2 Å². The average molecular weight is 432 g/mol. The number of amides is 3. The highest BCUT2D eigenvalue weighted by Gasteiger charge is 2.22. The molecule has 0 saturated carbocycles. The van der Waals surface area contributed by atoms with Crippen molar-refractivity contribution in [2.45, 2.75) is 6.54 Å². The fourth-order valence-electron chi connectivity index (χ4n) is 2.39. The van der Waals surface area contributed by atoms with Gasteiger partial charge in [0.15, 0.2) is 0 Å². The molecule has 4 N–H and O–H groups in total. The Bertz CT molecular complexity index is 1020. The third kappa shape index (κ3) is 4.45. The SMILES string of the molecule is NC(=O)c1oc2ccc(Br)cc2c1NC(=O)OC(=O)NCc1ccccc1. The molecule has 0 radical (unpaired) electrons. The van der Waals surface area contributed by atoms with Crippen LogP contribution in [0.25, 0.3) is 11.0 Å². The number of primary amides is 1. The Hall–Kier alpha value is -3.33. The first-order valence-electron chi connectivity index (χ1n) is 7.76. The molecule has 0 atom stereocenters. The lowest BCUT2D eigenvalue weighted by molar-refractivity contribution is 0.0977. The van der Waals surface area contributed by atoms with Crippen molar-refractivity contribution >= 4 is 50.7 Å². The molecule has 3 aromatic rings. The molecule has 27 heavy (non-hydrogen) atoms. The number of alkyl carbamates (subject to hydrolysis) is 1. The molecule has 1 heterocycles. The van der Waals surface area contributed by atoms with Crippen molar-refractivity contribution in [3.05, 3.63) is 64.3 Å². The number of carbonyl (C=O) groups is 3. The predicted octanol–water partition coefficient (Wildman–Crippen LogP) is 3.75. The van der Waals surface area contributed by atoms with Crippen LogP contribution in [0.4, 0.5) is 15.3 Å². The summed E-state index contributed by atoms with van der Waals surface area (Å²) in [5.41, 5.74) is 6.50. The van der Waals surface area contributed by atoms with Crippen molar-refractivity contribution in [3.63, 3.8) is 0 Å². The van der Waals surface area contributed by atoms with E-state index in [-0.39, 0.29) is 18.0 Å². The van der Waals surface area contributed by atoms with Gasteiger partial charge in [-0.15, -0.1) is 0 Å². The van der Waals surface area contributed by atoms with E-state index in [0.717, 1.165) is 5.56 Å². The molecule has 0 fully saturated rings. The molecule has 1 aromatic heterocycles. The number of anilines is 1. The smallest absolute Gasteiger partial charge is 0.420 e. The van der Waals surface area contributed by atoms with Crippen LogP contribution >= 0.6 is 15.9 Å². The molecular formula is C18H14BrN3O5. The molecule has 138 valence electrons. The van der Waals surface area contributed by atoms with Crippen LogP contribution in [0.3, 0.4) is 0 Å². The van der Waals surface area contributed by atoms with Crippen LogP contribution in [0.2, 0.25) is 0 Å². The number of ether oxygens (including phenoxy) is 1. The zero-order valence-electron chi connectivity index (χ0n) is 13.8. The Kier molecular flexibility index (Phi) is 5.41. The van der Waals surface area contributed by atoms with Gasteiger partial charge in [-0.3, -0.25) is 10.1 Å². The monoisotopic (exact) mass is 431 g/mol. The summed E-state index contributed by atoms with van der Waals surface area (Å²) in [6, 6.07) is 14.1. The maximum Gasteiger partial charge on any atom is 0.420 e. The molecule has 0 aliphatic carbocycles. The van der Waals surface area contributed by atoms with E-state index in [4.69, 9.17) is 10.2 Å². The van der Waals surface area contributed by atoms with Crippen LogP contribution in [0.1, 0.15) is 16.1 Å². The van der Waals surface area contributed by atoms with E-state index in [1.807, 2.05) is 30.3 Å². The maximum absolute atomic E-state index is 12.0. The van der Waals surface area contributed by atoms with Gasteiger partial charge in [-0.1, -0.05) is 46.3 Å². The van der Waals surface area contributed by atoms with Gasteiger partial charge in [-0.05, 0) is 23.8 Å². The summed E-state index contributed by atoms with van der Waals surface area (Å²) < 4.78 is 10.7. The molecule has 9 heteroatoms. The molecule has 0 saturated heterocycles. The van der Waals surface area contributed by atoms with Gasteiger partial charge in [-0.2, -0.15) is 0 Å². The highest BCUT2D eigenvalue weighted by Crippen LogP contribution is 2.32. The van der Waals surface area contributed by atoms with Gasteiger partial charge in [0.05, 0.1) is 0 Å². The second kappa shape index (κ2) is 7.92. The third-order valence-corrected chi connectivity index (χ3v) is 4.06. The van der Waals surface area contributed by atoms with Crippen molar-refractivity contribution in [2.75, 3.05) is 5.32 Å². The summed E-state index contributed by atoms with van der Waals surface area (Å²) in [7, 11) is 0. The van der Waals surface area contributed by atoms with Crippen molar-refractivity contribution < 1.29 is 23.5 Å². The Labute approximate surface area is 161 Å². The minimum absolute atomic E-state index is 0.0275. The van der Waals surface area contributed by atoms with E-state index >= 15 is 0 Å². The van der Waals surface area contributed by atoms with Gasteiger partial charge in [0, 0.05) is 16.4 Å². The van der Waals surface area contributed by atoms with Crippen LogP contribution < -0.4 is 16.4 Å². The highest BCUT2D eigenvalue weighted by molar-refractivity contribution is 9.10. The first kappa shape index (κ1) is 18.5. The Morgan fingerprint density at radius 1 is 1.07 bits per heavy atom. The van der Waals surface area contributed by atoms with E-state index in [0.29, 0.717) is 15.4 Å². The molecule has 3 amide bonds. The van der Waals surface area contributed by atoms with Gasteiger partial charge < -0.3 is 20.2 Å². The van der Waals surface area contributed by atoms with Crippen molar-refractivity contribution in [2.24, 2.45) is 5.73 Å². The summed E-state index contributed by atoms with van der Waals surface area (Å²) in [5, 5.41) is 5.21. The second-order valence-electron chi connectivity index (χ2n) is 5.45. The fraction of sp³-hybridized carbons (Fsp3) is 0.0556. The molecule has 0 aliphatic rings. The molecule has 3 rings (SSSR count). The van der Waals surface area contributed by atoms with Crippen LogP contribution in [0.15, 0.2) is 57.4 Å². The van der Waals surface area contributed by atoms with Gasteiger partial charge in [0.25, 0.3) is 5.91 Å². The first-order valence-corrected chi connectivity index (χ1v) is 8.56. The minimum atomic E-state index is -1.08. The average Bonchev–Trinajstić information content (AvgIpc) is 2.99. The lowest BCUT2D eigenvalue weighted by Crippen LogP contribution is -2.29. The van der Waals surface area contributed by atoms with Crippen molar-refractivity contribution in [1.82, 2.24) is 5.32 Å². The summed E-state index contributed by atoms with van der Waals surface area (Å²) in [4.78, 5) is 35.4. The van der Waals surface area contributed by atoms with Crippen LogP contribution in [-0.2, 0) is 11.3 Å². The molecule has 8 nitrogen and oxygen atoms in total. The number of halogens is 1. The fourth-order valence-corrected chi connectivity index (χ4v) is 2.75. The topological polar surface area (TPSA) is 124 Å². The number of hydrogen-bond donors (Lipinski definition) is 3. The second-order valence-corrected chi connectivity index (χ2v) is 6.37. The van der Waals surface area contributed by atoms with Gasteiger partial charge in [0.1, 0.15) is 11.3 Å². The normalized spacial score (nSPS) is 10.4. The number of nitrogens with two attached hydrogens (primary N) is 1. The maximum atomic E-state index is 12.0. The number of furan rings is 1. The van der Waals surface area contributed by atoms with Gasteiger partial charge in [-0.25, -0.2) is 9.59 Å². The van der Waals surface area contributed by atoms with Crippen molar-refractivity contribution in [3.8, 4) is 0 Å². The molecule has 2 aromatic carbocycles. The van der Waals surface area contributed by atoms with Crippen LogP contribution in [0.5, 0.6) is 0 Å². The van der Waals surface area contributed by atoms with E-state index in [1.165, 1.54) is 0 Å². The highest BCUT2D eigenvalue weighted by atomic mass is 79.9. The number of nitrogens with one attached hydrogen (secondary N) is 2. The summed E-state index contributed by atoms with van der Waals surface area (Å²) in [5.74, 6) is -1.11. The number of benzene rings is 2. The Morgan fingerprint density at radius 2 is 1.81 bits per heavy atom. The Balaban J connectivity index is 1.70. The van der Waals surface area contributed by atoms with Gasteiger partial charge >= 0.3 is 12.2 Å². The first-order chi connectivity index (χ1) is 12.9. The molecule has 0 spiro atoms. The lowest BCUT2D eigenvalue weighted by atomic mass is 10.2. The largest absolute Gasteiger partial charge is 0.449 e. The standard InChI is InChI=1S/C18H14BrN3O5/c19-11-6-7-13-12(8-11)14(15(26-13)16(20)23)22-18(25)27-17(24)21-9-10-4-2-1-3-5-10/h1-8H,9H2,(H2,20,23)(H,21,24)(H,22,25). The number of rotatable bonds is 4. The van der Waals surface area contributed by atoms with E-state index in [9.17, 15) is 14.4 Å². The molecule has 0 aliphatic heterocycles. The lowest BCUT2D eigenvalue weighted by Gasteiger charge is -2.07. The number of fused-ring (bicyclic) bond motifs is 1. The third-order valence-electron chi connectivity index (χ3n) is 3.57. The Morgan fingerprint density at radius 3 is 2.52 bits per heavy atom. The quantitative estimate of drug-likeness (QED) is 0.542. The van der Waals surface area contributed by atoms with Gasteiger partial charge in [0.2, 0.25) is 5.76 Å². The van der Waals surface area contributed by atoms with Crippen LogP contribution in [-0.4, -0.2) is 18.1 Å². The summed E-state index contributed by atoms with van der Waals surface area (Å²) >= 11 is 3.30. The zero-order valence-corrected chi connectivity index (χ0v) is 15.4. The number of carbonyl (C=O) groups excluding carboxylic acids is 3. The zero-order chi connectivity index (χ0) is 19.4. The van der Waals surface area contributed by atoms with E-state index < -0.39 is 18.1 Å². The molecular weight excluding hydrogens is 418 g/mol.